The van der Waals surface area contributed by atoms with Gasteiger partial charge in [-0.15, -0.1) is 0 Å². The van der Waals surface area contributed by atoms with Gasteiger partial charge in [-0.1, -0.05) is 13.8 Å². The van der Waals surface area contributed by atoms with E-state index in [0.29, 0.717) is 29.5 Å². The Balaban J connectivity index is 1.69. The third kappa shape index (κ3) is 1.84. The van der Waals surface area contributed by atoms with Crippen molar-refractivity contribution >= 4 is 5.78 Å². The summed E-state index contributed by atoms with van der Waals surface area (Å²) in [5, 5.41) is 20.9. The molecule has 0 aromatic heterocycles. The molecule has 4 aliphatic rings. The fourth-order valence-electron chi connectivity index (χ4n) is 6.97. The monoisotopic (exact) mass is 306 g/mol. The number of hydrogen-bond acceptors (Lipinski definition) is 3. The lowest BCUT2D eigenvalue weighted by atomic mass is 9.44. The normalized spacial score (nSPS) is 57.9. The highest BCUT2D eigenvalue weighted by atomic mass is 16.3. The van der Waals surface area contributed by atoms with Crippen LogP contribution >= 0.6 is 0 Å². The summed E-state index contributed by atoms with van der Waals surface area (Å²) in [4.78, 5) is 12.4. The Morgan fingerprint density at radius 1 is 1.00 bits per heavy atom. The summed E-state index contributed by atoms with van der Waals surface area (Å²) < 4.78 is 0. The van der Waals surface area contributed by atoms with Gasteiger partial charge in [0.05, 0.1) is 12.2 Å². The van der Waals surface area contributed by atoms with Gasteiger partial charge in [0, 0.05) is 11.8 Å². The zero-order valence-electron chi connectivity index (χ0n) is 13.9. The molecule has 0 aromatic rings. The fraction of sp³-hybridized carbons (Fsp3) is 0.947. The topological polar surface area (TPSA) is 57.5 Å². The maximum Gasteiger partial charge on any atom is 0.139 e. The molecule has 0 spiro atoms. The van der Waals surface area contributed by atoms with Gasteiger partial charge in [-0.05, 0) is 74.0 Å². The molecular formula is C19H30O3. The minimum atomic E-state index is -0.274. The summed E-state index contributed by atoms with van der Waals surface area (Å²) >= 11 is 0. The molecular weight excluding hydrogens is 276 g/mol. The molecule has 124 valence electrons. The van der Waals surface area contributed by atoms with Crippen molar-refractivity contribution in [2.24, 2.45) is 34.5 Å². The molecule has 4 aliphatic carbocycles. The average Bonchev–Trinajstić information content (AvgIpc) is 2.77. The van der Waals surface area contributed by atoms with Gasteiger partial charge < -0.3 is 10.2 Å². The van der Waals surface area contributed by atoms with Gasteiger partial charge in [-0.2, -0.15) is 0 Å². The third-order valence-electron chi connectivity index (χ3n) is 8.36. The first-order valence-electron chi connectivity index (χ1n) is 9.25. The summed E-state index contributed by atoms with van der Waals surface area (Å²) in [6, 6.07) is 0. The number of rotatable bonds is 0. The van der Waals surface area contributed by atoms with E-state index in [-0.39, 0.29) is 23.0 Å². The highest BCUT2D eigenvalue weighted by molar-refractivity contribution is 5.87. The molecule has 3 heteroatoms. The number of aliphatic hydroxyl groups is 2. The predicted molar refractivity (Wildman–Crippen MR) is 84.1 cm³/mol. The van der Waals surface area contributed by atoms with Gasteiger partial charge >= 0.3 is 0 Å². The Labute approximate surface area is 133 Å². The first-order valence-corrected chi connectivity index (χ1v) is 9.25. The van der Waals surface area contributed by atoms with Crippen molar-refractivity contribution in [3.63, 3.8) is 0 Å². The number of ketones is 1. The highest BCUT2D eigenvalue weighted by Crippen LogP contribution is 2.65. The van der Waals surface area contributed by atoms with Gasteiger partial charge in [0.25, 0.3) is 0 Å². The van der Waals surface area contributed by atoms with Crippen molar-refractivity contribution in [2.45, 2.75) is 77.4 Å². The summed E-state index contributed by atoms with van der Waals surface area (Å²) in [6.07, 6.45) is 7.03. The molecule has 4 fully saturated rings. The van der Waals surface area contributed by atoms with E-state index < -0.39 is 0 Å². The molecule has 8 atom stereocenters. The van der Waals surface area contributed by atoms with Gasteiger partial charge in [0.15, 0.2) is 0 Å². The van der Waals surface area contributed by atoms with Crippen LogP contribution in [0.25, 0.3) is 0 Å². The molecule has 0 saturated heterocycles. The zero-order chi connectivity index (χ0) is 15.7. The lowest BCUT2D eigenvalue weighted by molar-refractivity contribution is -0.171. The Bertz CT molecular complexity index is 489. The standard InChI is InChI=1S/C19H30O3/c1-18-7-5-12(20)9-11(18)10-15(21)17-13-3-4-16(22)19(13,2)8-6-14(17)18/h11-15,17,20-21H,3-10H2,1-2H3/t11-,12-,13-,14-,15-,17-,18+,19+/m1/s1. The van der Waals surface area contributed by atoms with Gasteiger partial charge in [-0.3, -0.25) is 4.79 Å². The van der Waals surface area contributed by atoms with Crippen LogP contribution in [0.4, 0.5) is 0 Å². The molecule has 3 nitrogen and oxygen atoms in total. The van der Waals surface area contributed by atoms with E-state index in [0.717, 1.165) is 51.4 Å². The van der Waals surface area contributed by atoms with Crippen LogP contribution in [-0.2, 0) is 4.79 Å². The maximum absolute atomic E-state index is 12.4. The Hall–Kier alpha value is -0.410. The Kier molecular flexibility index (Phi) is 3.30. The second kappa shape index (κ2) is 4.80. The quantitative estimate of drug-likeness (QED) is 0.723. The predicted octanol–water partition coefficient (Wildman–Crippen LogP) is 2.93. The number of aliphatic hydroxyl groups excluding tert-OH is 2. The SMILES string of the molecule is C[C@]12CC[C@@H](O)C[C@@H]1C[C@@H](O)[C@H]1[C@H]2CC[C@]2(C)C(=O)CC[C@H]12. The van der Waals surface area contributed by atoms with Crippen molar-refractivity contribution in [1.29, 1.82) is 0 Å². The van der Waals surface area contributed by atoms with Crippen molar-refractivity contribution < 1.29 is 15.0 Å². The van der Waals surface area contributed by atoms with E-state index in [4.69, 9.17) is 0 Å². The first kappa shape index (κ1) is 15.1. The van der Waals surface area contributed by atoms with Gasteiger partial charge in [0.1, 0.15) is 5.78 Å². The van der Waals surface area contributed by atoms with Crippen LogP contribution in [-0.4, -0.2) is 28.2 Å². The zero-order valence-corrected chi connectivity index (χ0v) is 13.9. The van der Waals surface area contributed by atoms with Crippen LogP contribution in [0, 0.1) is 34.5 Å². The minimum Gasteiger partial charge on any atom is -0.393 e. The molecule has 0 radical (unpaired) electrons. The number of carbonyl (C=O) groups is 1. The van der Waals surface area contributed by atoms with Crippen LogP contribution in [0.1, 0.15) is 65.2 Å². The molecule has 4 rings (SSSR count). The van der Waals surface area contributed by atoms with Gasteiger partial charge in [-0.25, -0.2) is 0 Å². The van der Waals surface area contributed by atoms with Gasteiger partial charge in [0.2, 0.25) is 0 Å². The van der Waals surface area contributed by atoms with Crippen molar-refractivity contribution in [2.75, 3.05) is 0 Å². The summed E-state index contributed by atoms with van der Waals surface area (Å²) in [7, 11) is 0. The Morgan fingerprint density at radius 3 is 2.55 bits per heavy atom. The van der Waals surface area contributed by atoms with E-state index in [1.807, 2.05) is 0 Å². The second-order valence-corrected chi connectivity index (χ2v) is 9.14. The smallest absolute Gasteiger partial charge is 0.139 e. The van der Waals surface area contributed by atoms with Crippen molar-refractivity contribution in [1.82, 2.24) is 0 Å². The molecule has 0 unspecified atom stereocenters. The molecule has 0 aliphatic heterocycles. The van der Waals surface area contributed by atoms with Crippen LogP contribution in [0.15, 0.2) is 0 Å². The molecule has 0 aromatic carbocycles. The van der Waals surface area contributed by atoms with Crippen LogP contribution in [0.3, 0.4) is 0 Å². The van der Waals surface area contributed by atoms with E-state index >= 15 is 0 Å². The summed E-state index contributed by atoms with van der Waals surface area (Å²) in [5.74, 6) is 2.13. The van der Waals surface area contributed by atoms with Crippen molar-refractivity contribution in [3.05, 3.63) is 0 Å². The Morgan fingerprint density at radius 2 is 1.77 bits per heavy atom. The molecule has 22 heavy (non-hydrogen) atoms. The minimum absolute atomic E-state index is 0.167. The second-order valence-electron chi connectivity index (χ2n) is 9.14. The molecule has 0 bridgehead atoms. The largest absolute Gasteiger partial charge is 0.393 e. The van der Waals surface area contributed by atoms with E-state index in [1.54, 1.807) is 0 Å². The number of Topliss-reactive ketones (excluding diaryl/α,β-unsaturated/α-hetero) is 1. The van der Waals surface area contributed by atoms with Crippen LogP contribution < -0.4 is 0 Å². The van der Waals surface area contributed by atoms with E-state index in [9.17, 15) is 15.0 Å². The number of carbonyl (C=O) groups excluding carboxylic acids is 1. The molecule has 0 amide bonds. The van der Waals surface area contributed by atoms with E-state index in [1.165, 1.54) is 0 Å². The number of hydrogen-bond donors (Lipinski definition) is 2. The maximum atomic E-state index is 12.4. The lowest BCUT2D eigenvalue weighted by Crippen LogP contribution is -2.58. The van der Waals surface area contributed by atoms with Crippen LogP contribution in [0.2, 0.25) is 0 Å². The fourth-order valence-corrected chi connectivity index (χ4v) is 6.97. The van der Waals surface area contributed by atoms with Crippen LogP contribution in [0.5, 0.6) is 0 Å². The summed E-state index contributed by atoms with van der Waals surface area (Å²) in [5.41, 5.74) is 0.0929. The lowest BCUT2D eigenvalue weighted by Gasteiger charge is -2.61. The average molecular weight is 306 g/mol. The highest BCUT2D eigenvalue weighted by Gasteiger charge is 2.62. The van der Waals surface area contributed by atoms with Crippen molar-refractivity contribution in [3.8, 4) is 0 Å². The summed E-state index contributed by atoms with van der Waals surface area (Å²) in [6.45, 7) is 4.57. The first-order chi connectivity index (χ1) is 10.4. The van der Waals surface area contributed by atoms with E-state index in [2.05, 4.69) is 13.8 Å². The molecule has 2 N–H and O–H groups in total. The third-order valence-corrected chi connectivity index (χ3v) is 8.36. The molecule has 4 saturated carbocycles. The molecule has 0 heterocycles. The number of fused-ring (bicyclic) bond motifs is 5.